The molecule has 1 aromatic heterocycles. The van der Waals surface area contributed by atoms with E-state index < -0.39 is 0 Å². The maximum absolute atomic E-state index is 9.38. The predicted octanol–water partition coefficient (Wildman–Crippen LogP) is 5.90. The standard InChI is InChI=1S/C26H23N3/c1-18-14-24(23-8-4-5-9-25(23)28-18)19-10-11-26-20(15-19)12-13-29(26)17-22-7-3-2-6-21(22)16-27/h2-13,15,18,24,28H,14,17H2,1H3. The first-order valence-electron chi connectivity index (χ1n) is 10.1. The number of aromatic nitrogens is 1. The van der Waals surface area contributed by atoms with Gasteiger partial charge in [0.05, 0.1) is 11.6 Å². The number of anilines is 1. The Morgan fingerprint density at radius 3 is 2.76 bits per heavy atom. The van der Waals surface area contributed by atoms with Crippen LogP contribution in [0.5, 0.6) is 0 Å². The zero-order chi connectivity index (χ0) is 19.8. The molecule has 1 N–H and O–H groups in total. The minimum Gasteiger partial charge on any atom is -0.382 e. The van der Waals surface area contributed by atoms with Crippen LogP contribution in [0.3, 0.4) is 0 Å². The largest absolute Gasteiger partial charge is 0.382 e. The molecule has 0 aliphatic carbocycles. The molecule has 0 spiro atoms. The van der Waals surface area contributed by atoms with Gasteiger partial charge in [-0.3, -0.25) is 0 Å². The van der Waals surface area contributed by atoms with Crippen molar-refractivity contribution in [2.75, 3.05) is 5.32 Å². The van der Waals surface area contributed by atoms with Crippen molar-refractivity contribution in [2.24, 2.45) is 0 Å². The van der Waals surface area contributed by atoms with E-state index in [1.807, 2.05) is 24.3 Å². The number of hydrogen-bond acceptors (Lipinski definition) is 2. The van der Waals surface area contributed by atoms with Gasteiger partial charge >= 0.3 is 0 Å². The lowest BCUT2D eigenvalue weighted by molar-refractivity contribution is 0.615. The molecule has 5 rings (SSSR count). The van der Waals surface area contributed by atoms with Gasteiger partial charge < -0.3 is 9.88 Å². The van der Waals surface area contributed by atoms with Gasteiger partial charge in [0, 0.05) is 35.9 Å². The van der Waals surface area contributed by atoms with Crippen LogP contribution >= 0.6 is 0 Å². The molecular weight excluding hydrogens is 354 g/mol. The quantitative estimate of drug-likeness (QED) is 0.483. The third kappa shape index (κ3) is 3.17. The van der Waals surface area contributed by atoms with E-state index in [0.717, 1.165) is 17.5 Å². The van der Waals surface area contributed by atoms with Crippen LogP contribution in [-0.2, 0) is 6.54 Å². The van der Waals surface area contributed by atoms with Crippen LogP contribution in [0.15, 0.2) is 79.0 Å². The average Bonchev–Trinajstić information content (AvgIpc) is 3.15. The van der Waals surface area contributed by atoms with Gasteiger partial charge in [0.15, 0.2) is 0 Å². The summed E-state index contributed by atoms with van der Waals surface area (Å²) in [4.78, 5) is 0. The van der Waals surface area contributed by atoms with E-state index in [1.165, 1.54) is 27.7 Å². The minimum atomic E-state index is 0.412. The first kappa shape index (κ1) is 17.6. The fourth-order valence-corrected chi connectivity index (χ4v) is 4.58. The average molecular weight is 377 g/mol. The Hall–Kier alpha value is -3.51. The predicted molar refractivity (Wildman–Crippen MR) is 118 cm³/mol. The highest BCUT2D eigenvalue weighted by molar-refractivity contribution is 5.81. The summed E-state index contributed by atoms with van der Waals surface area (Å²) in [5, 5.41) is 14.2. The maximum Gasteiger partial charge on any atom is 0.0995 e. The number of rotatable bonds is 3. The lowest BCUT2D eigenvalue weighted by Gasteiger charge is -2.31. The Morgan fingerprint density at radius 1 is 1.03 bits per heavy atom. The zero-order valence-corrected chi connectivity index (χ0v) is 16.5. The smallest absolute Gasteiger partial charge is 0.0995 e. The van der Waals surface area contributed by atoms with Gasteiger partial charge in [0.2, 0.25) is 0 Å². The molecule has 3 heteroatoms. The van der Waals surface area contributed by atoms with Crippen LogP contribution in [0.25, 0.3) is 10.9 Å². The first-order valence-corrected chi connectivity index (χ1v) is 10.1. The van der Waals surface area contributed by atoms with E-state index in [0.29, 0.717) is 18.5 Å². The molecular formula is C26H23N3. The summed E-state index contributed by atoms with van der Waals surface area (Å²) in [5.74, 6) is 0.412. The van der Waals surface area contributed by atoms with Crippen molar-refractivity contribution >= 4 is 16.6 Å². The van der Waals surface area contributed by atoms with Gasteiger partial charge in [0.1, 0.15) is 0 Å². The van der Waals surface area contributed by atoms with Crippen molar-refractivity contribution in [3.63, 3.8) is 0 Å². The van der Waals surface area contributed by atoms with Crippen molar-refractivity contribution in [2.45, 2.75) is 31.8 Å². The molecule has 3 nitrogen and oxygen atoms in total. The second-order valence-corrected chi connectivity index (χ2v) is 7.95. The van der Waals surface area contributed by atoms with Gasteiger partial charge in [-0.25, -0.2) is 0 Å². The van der Waals surface area contributed by atoms with Crippen molar-refractivity contribution in [1.82, 2.24) is 4.57 Å². The van der Waals surface area contributed by atoms with Crippen molar-refractivity contribution < 1.29 is 0 Å². The molecule has 142 valence electrons. The summed E-state index contributed by atoms with van der Waals surface area (Å²) in [7, 11) is 0. The molecule has 2 unspecified atom stereocenters. The van der Waals surface area contributed by atoms with Crippen LogP contribution < -0.4 is 5.32 Å². The summed E-state index contributed by atoms with van der Waals surface area (Å²) in [6.07, 6.45) is 3.22. The third-order valence-corrected chi connectivity index (χ3v) is 6.00. The zero-order valence-electron chi connectivity index (χ0n) is 16.5. The van der Waals surface area contributed by atoms with Gasteiger partial charge in [-0.2, -0.15) is 5.26 Å². The fourth-order valence-electron chi connectivity index (χ4n) is 4.58. The Balaban J connectivity index is 1.51. The molecule has 1 aliphatic rings. The minimum absolute atomic E-state index is 0.412. The lowest BCUT2D eigenvalue weighted by Crippen LogP contribution is -2.25. The molecule has 0 saturated carbocycles. The molecule has 0 fully saturated rings. The van der Waals surface area contributed by atoms with Gasteiger partial charge in [0.25, 0.3) is 0 Å². The third-order valence-electron chi connectivity index (χ3n) is 6.00. The van der Waals surface area contributed by atoms with E-state index in [9.17, 15) is 5.26 Å². The molecule has 3 aromatic carbocycles. The van der Waals surface area contributed by atoms with E-state index in [1.54, 1.807) is 0 Å². The van der Waals surface area contributed by atoms with E-state index in [4.69, 9.17) is 0 Å². The van der Waals surface area contributed by atoms with E-state index >= 15 is 0 Å². The number of nitrogens with one attached hydrogen (secondary N) is 1. The monoisotopic (exact) mass is 377 g/mol. The van der Waals surface area contributed by atoms with Crippen LogP contribution in [0.2, 0.25) is 0 Å². The summed E-state index contributed by atoms with van der Waals surface area (Å²) >= 11 is 0. The number of nitrogens with zero attached hydrogens (tertiary/aromatic N) is 2. The first-order chi connectivity index (χ1) is 14.2. The fraction of sp³-hybridized carbons (Fsp3) is 0.192. The molecule has 0 saturated heterocycles. The van der Waals surface area contributed by atoms with Crippen LogP contribution in [0.1, 0.15) is 41.5 Å². The van der Waals surface area contributed by atoms with Gasteiger partial charge in [-0.15, -0.1) is 0 Å². The number of nitriles is 1. The maximum atomic E-state index is 9.38. The normalized spacial score (nSPS) is 18.1. The second kappa shape index (κ2) is 7.14. The Kier molecular flexibility index (Phi) is 4.33. The van der Waals surface area contributed by atoms with E-state index in [-0.39, 0.29) is 0 Å². The summed E-state index contributed by atoms with van der Waals surface area (Å²) < 4.78 is 2.23. The number of fused-ring (bicyclic) bond motifs is 2. The SMILES string of the molecule is CC1CC(c2ccc3c(ccn3Cc3ccccc3C#N)c2)c2ccccc2N1. The number of para-hydroxylation sites is 1. The number of hydrogen-bond donors (Lipinski definition) is 1. The molecule has 0 bridgehead atoms. The molecule has 29 heavy (non-hydrogen) atoms. The lowest BCUT2D eigenvalue weighted by atomic mass is 9.82. The Bertz CT molecular complexity index is 1230. The van der Waals surface area contributed by atoms with Gasteiger partial charge in [-0.1, -0.05) is 42.5 Å². The Morgan fingerprint density at radius 2 is 1.86 bits per heavy atom. The highest BCUT2D eigenvalue weighted by atomic mass is 15.0. The van der Waals surface area contributed by atoms with Gasteiger partial charge in [-0.05, 0) is 65.8 Å². The molecule has 1 aliphatic heterocycles. The van der Waals surface area contributed by atoms with Crippen molar-refractivity contribution in [3.8, 4) is 6.07 Å². The summed E-state index contributed by atoms with van der Waals surface area (Å²) in [6, 6.07) is 28.3. The molecule has 2 heterocycles. The summed E-state index contributed by atoms with van der Waals surface area (Å²) in [5.41, 5.74) is 7.00. The van der Waals surface area contributed by atoms with Crippen molar-refractivity contribution in [1.29, 1.82) is 5.26 Å². The van der Waals surface area contributed by atoms with Crippen molar-refractivity contribution in [3.05, 3.63) is 101 Å². The summed E-state index contributed by atoms with van der Waals surface area (Å²) in [6.45, 7) is 2.96. The van der Waals surface area contributed by atoms with E-state index in [2.05, 4.69) is 77.6 Å². The Labute approximate surface area is 171 Å². The molecule has 2 atom stereocenters. The number of benzene rings is 3. The topological polar surface area (TPSA) is 40.8 Å². The van der Waals surface area contributed by atoms with Crippen LogP contribution in [-0.4, -0.2) is 10.6 Å². The second-order valence-electron chi connectivity index (χ2n) is 7.95. The highest BCUT2D eigenvalue weighted by Crippen LogP contribution is 2.39. The molecule has 0 radical (unpaired) electrons. The highest BCUT2D eigenvalue weighted by Gasteiger charge is 2.25. The molecule has 0 amide bonds. The van der Waals surface area contributed by atoms with Crippen LogP contribution in [0.4, 0.5) is 5.69 Å². The molecule has 4 aromatic rings. The van der Waals surface area contributed by atoms with Crippen LogP contribution in [0, 0.1) is 11.3 Å².